The number of allylic oxidation sites excluding steroid dienone is 1. The van der Waals surface area contributed by atoms with E-state index in [0.717, 1.165) is 5.56 Å². The Balaban J connectivity index is 3.51. The van der Waals surface area contributed by atoms with Crippen LogP contribution in [0.2, 0.25) is 0 Å². The molecule has 1 aromatic rings. The average molecular weight is 367 g/mol. The van der Waals surface area contributed by atoms with Crippen LogP contribution < -0.4 is 10.6 Å². The van der Waals surface area contributed by atoms with Gasteiger partial charge in [-0.15, -0.1) is 0 Å². The minimum absolute atomic E-state index is 0.00826. The highest BCUT2D eigenvalue weighted by molar-refractivity contribution is 6.14. The molecule has 0 saturated heterocycles. The number of rotatable bonds is 7. The van der Waals surface area contributed by atoms with Crippen molar-refractivity contribution in [2.75, 3.05) is 13.2 Å². The Bertz CT molecular complexity index is 867. The van der Waals surface area contributed by atoms with Crippen LogP contribution in [0.4, 0.5) is 0 Å². The van der Waals surface area contributed by atoms with Crippen LogP contribution in [0.3, 0.4) is 0 Å². The monoisotopic (exact) mass is 367 g/mol. The standard InChI is InChI=1S/C20H21N3O4/c1-13(2)17(20(27)23-12-25)18(22-6-4-5-7-24)19(26)16-9-14(3)8-15(10-16)11-21/h8-10,12-13,22,24H,6-7H2,1-3H3,(H,23,25,27)/b18-17-. The molecular weight excluding hydrogens is 346 g/mol. The van der Waals surface area contributed by atoms with Crippen molar-refractivity contribution in [3.05, 3.63) is 46.2 Å². The van der Waals surface area contributed by atoms with Crippen LogP contribution >= 0.6 is 0 Å². The molecule has 3 N–H and O–H groups in total. The molecule has 0 atom stereocenters. The first-order valence-electron chi connectivity index (χ1n) is 8.21. The number of nitriles is 1. The molecule has 2 amide bonds. The second-order valence-corrected chi connectivity index (χ2v) is 5.93. The summed E-state index contributed by atoms with van der Waals surface area (Å²) in [6.45, 7) is 4.86. The third-order valence-corrected chi connectivity index (χ3v) is 3.53. The molecule has 0 aromatic heterocycles. The van der Waals surface area contributed by atoms with Crippen molar-refractivity contribution in [2.45, 2.75) is 20.8 Å². The summed E-state index contributed by atoms with van der Waals surface area (Å²) < 4.78 is 0. The lowest BCUT2D eigenvalue weighted by Crippen LogP contribution is -2.33. The summed E-state index contributed by atoms with van der Waals surface area (Å²) in [4.78, 5) is 36.1. The van der Waals surface area contributed by atoms with Gasteiger partial charge in [0.05, 0.1) is 23.9 Å². The molecule has 7 nitrogen and oxygen atoms in total. The van der Waals surface area contributed by atoms with Gasteiger partial charge in [0.1, 0.15) is 6.61 Å². The Morgan fingerprint density at radius 2 is 1.96 bits per heavy atom. The maximum atomic E-state index is 13.1. The number of amides is 2. The molecule has 0 heterocycles. The van der Waals surface area contributed by atoms with Gasteiger partial charge in [-0.25, -0.2) is 0 Å². The minimum Gasteiger partial charge on any atom is -0.384 e. The topological polar surface area (TPSA) is 119 Å². The largest absolute Gasteiger partial charge is 0.384 e. The number of aliphatic hydroxyl groups is 1. The molecule has 27 heavy (non-hydrogen) atoms. The van der Waals surface area contributed by atoms with Crippen molar-refractivity contribution < 1.29 is 19.5 Å². The SMILES string of the molecule is Cc1cc(C#N)cc(C(=O)/C(NCC#CCO)=C(/C(=O)NC=O)C(C)C)c1. The Morgan fingerprint density at radius 3 is 2.52 bits per heavy atom. The molecule has 0 radical (unpaired) electrons. The van der Waals surface area contributed by atoms with Crippen molar-refractivity contribution in [2.24, 2.45) is 5.92 Å². The zero-order valence-electron chi connectivity index (χ0n) is 15.4. The van der Waals surface area contributed by atoms with Gasteiger partial charge in [0.2, 0.25) is 12.2 Å². The van der Waals surface area contributed by atoms with Gasteiger partial charge in [0.15, 0.2) is 0 Å². The summed E-state index contributed by atoms with van der Waals surface area (Å²) in [6, 6.07) is 6.68. The lowest BCUT2D eigenvalue weighted by atomic mass is 9.94. The van der Waals surface area contributed by atoms with Gasteiger partial charge in [-0.2, -0.15) is 5.26 Å². The first-order chi connectivity index (χ1) is 12.8. The van der Waals surface area contributed by atoms with Crippen LogP contribution in [0, 0.1) is 36.0 Å². The van der Waals surface area contributed by atoms with Crippen LogP contribution in [-0.2, 0) is 9.59 Å². The number of ketones is 1. The number of nitrogens with one attached hydrogen (secondary N) is 2. The highest BCUT2D eigenvalue weighted by Crippen LogP contribution is 2.19. The molecule has 7 heteroatoms. The van der Waals surface area contributed by atoms with Crippen molar-refractivity contribution in [3.63, 3.8) is 0 Å². The zero-order valence-corrected chi connectivity index (χ0v) is 15.4. The van der Waals surface area contributed by atoms with E-state index in [-0.39, 0.29) is 42.3 Å². The van der Waals surface area contributed by atoms with Gasteiger partial charge >= 0.3 is 0 Å². The van der Waals surface area contributed by atoms with Crippen LogP contribution in [0.1, 0.15) is 35.3 Å². The molecule has 0 aliphatic heterocycles. The molecule has 0 unspecified atom stereocenters. The van der Waals surface area contributed by atoms with E-state index in [1.165, 1.54) is 6.07 Å². The number of hydrogen-bond donors (Lipinski definition) is 3. The lowest BCUT2D eigenvalue weighted by molar-refractivity contribution is -0.122. The smallest absolute Gasteiger partial charge is 0.256 e. The number of hydrogen-bond acceptors (Lipinski definition) is 6. The number of carbonyl (C=O) groups is 3. The van der Waals surface area contributed by atoms with Gasteiger partial charge in [0, 0.05) is 11.1 Å². The Labute approximate surface area is 158 Å². The average Bonchev–Trinajstić information content (AvgIpc) is 2.62. The van der Waals surface area contributed by atoms with Crippen LogP contribution in [-0.4, -0.2) is 36.4 Å². The van der Waals surface area contributed by atoms with Gasteiger partial charge < -0.3 is 10.4 Å². The highest BCUT2D eigenvalue weighted by Gasteiger charge is 2.24. The molecule has 0 bridgehead atoms. The summed E-state index contributed by atoms with van der Waals surface area (Å²) >= 11 is 0. The Kier molecular flexibility index (Phi) is 8.44. The predicted octanol–water partition coefficient (Wildman–Crippen LogP) is 0.817. The maximum Gasteiger partial charge on any atom is 0.256 e. The molecule has 0 spiro atoms. The Morgan fingerprint density at radius 1 is 1.26 bits per heavy atom. The van der Waals surface area contributed by atoms with E-state index in [1.54, 1.807) is 32.9 Å². The molecule has 140 valence electrons. The summed E-state index contributed by atoms with van der Waals surface area (Å²) in [7, 11) is 0. The molecule has 1 rings (SSSR count). The predicted molar refractivity (Wildman–Crippen MR) is 99.2 cm³/mol. The van der Waals surface area contributed by atoms with E-state index >= 15 is 0 Å². The van der Waals surface area contributed by atoms with Gasteiger partial charge in [-0.1, -0.05) is 25.7 Å². The second kappa shape index (κ2) is 10.5. The van der Waals surface area contributed by atoms with Crippen LogP contribution in [0.5, 0.6) is 0 Å². The number of aryl methyl sites for hydroxylation is 1. The highest BCUT2D eigenvalue weighted by atomic mass is 16.2. The minimum atomic E-state index is -0.695. The quantitative estimate of drug-likeness (QED) is 0.284. The van der Waals surface area contributed by atoms with E-state index in [1.807, 2.05) is 6.07 Å². The molecule has 0 aliphatic carbocycles. The summed E-state index contributed by atoms with van der Waals surface area (Å²) in [5, 5.41) is 22.7. The lowest BCUT2D eigenvalue weighted by Gasteiger charge is -2.17. The number of aliphatic hydroxyl groups excluding tert-OH is 1. The van der Waals surface area contributed by atoms with E-state index in [4.69, 9.17) is 10.4 Å². The summed E-state index contributed by atoms with van der Waals surface area (Å²) in [5.41, 5.74) is 1.37. The second-order valence-electron chi connectivity index (χ2n) is 5.93. The number of carbonyl (C=O) groups excluding carboxylic acids is 3. The number of Topliss-reactive ketones (excluding diaryl/α,β-unsaturated/α-hetero) is 1. The molecule has 0 aliphatic rings. The molecule has 1 aromatic carbocycles. The fourth-order valence-electron chi connectivity index (χ4n) is 2.47. The van der Waals surface area contributed by atoms with Crippen molar-refractivity contribution in [1.82, 2.24) is 10.6 Å². The van der Waals surface area contributed by atoms with Crippen molar-refractivity contribution in [1.29, 1.82) is 5.26 Å². The first kappa shape index (κ1) is 21.6. The fourth-order valence-corrected chi connectivity index (χ4v) is 2.47. The van der Waals surface area contributed by atoms with E-state index in [2.05, 4.69) is 22.5 Å². The first-order valence-corrected chi connectivity index (χ1v) is 8.21. The van der Waals surface area contributed by atoms with E-state index in [0.29, 0.717) is 5.56 Å². The number of nitrogens with zero attached hydrogens (tertiary/aromatic N) is 1. The normalized spacial score (nSPS) is 10.8. The van der Waals surface area contributed by atoms with E-state index < -0.39 is 11.7 Å². The Hall–Kier alpha value is -3.42. The van der Waals surface area contributed by atoms with E-state index in [9.17, 15) is 14.4 Å². The third-order valence-electron chi connectivity index (χ3n) is 3.53. The summed E-state index contributed by atoms with van der Waals surface area (Å²) in [5.74, 6) is 3.50. The van der Waals surface area contributed by atoms with Crippen molar-refractivity contribution >= 4 is 18.1 Å². The van der Waals surface area contributed by atoms with Gasteiger partial charge in [0.25, 0.3) is 5.91 Å². The van der Waals surface area contributed by atoms with Gasteiger partial charge in [-0.05, 0) is 36.6 Å². The van der Waals surface area contributed by atoms with Crippen molar-refractivity contribution in [3.8, 4) is 17.9 Å². The fraction of sp³-hybridized carbons (Fsp3) is 0.300. The van der Waals surface area contributed by atoms with Crippen LogP contribution in [0.25, 0.3) is 0 Å². The molecule has 0 fully saturated rings. The van der Waals surface area contributed by atoms with Gasteiger partial charge in [-0.3, -0.25) is 19.7 Å². The summed E-state index contributed by atoms with van der Waals surface area (Å²) in [6.07, 6.45) is 0.249. The third kappa shape index (κ3) is 6.10. The van der Waals surface area contributed by atoms with Crippen LogP contribution in [0.15, 0.2) is 29.5 Å². The maximum absolute atomic E-state index is 13.1. The molecular formula is C20H21N3O4. The number of benzene rings is 1. The number of imide groups is 1. The molecule has 0 saturated carbocycles. The zero-order chi connectivity index (χ0) is 20.4.